The van der Waals surface area contributed by atoms with Crippen molar-refractivity contribution in [3.8, 4) is 17.2 Å². The molecule has 2 aromatic carbocycles. The van der Waals surface area contributed by atoms with Crippen molar-refractivity contribution in [2.24, 2.45) is 0 Å². The zero-order chi connectivity index (χ0) is 18.8. The van der Waals surface area contributed by atoms with Crippen LogP contribution in [-0.4, -0.2) is 24.8 Å². The maximum atomic E-state index is 12.5. The third-order valence-corrected chi connectivity index (χ3v) is 4.76. The average molecular weight is 404 g/mol. The molecular weight excluding hydrogens is 390 g/mol. The number of carbonyl (C=O) groups is 1. The van der Waals surface area contributed by atoms with E-state index < -0.39 is 0 Å². The lowest BCUT2D eigenvalue weighted by molar-refractivity contribution is 0.102. The molecule has 1 aliphatic rings. The van der Waals surface area contributed by atoms with E-state index in [1.54, 1.807) is 23.6 Å². The zero-order valence-electron chi connectivity index (χ0n) is 14.1. The number of halogens is 1. The van der Waals surface area contributed by atoms with Crippen LogP contribution >= 0.6 is 22.9 Å². The molecule has 1 amide bonds. The van der Waals surface area contributed by atoms with Crippen LogP contribution in [0.1, 0.15) is 10.5 Å². The van der Waals surface area contributed by atoms with Gasteiger partial charge in [0.1, 0.15) is 11.4 Å². The number of hydrogen-bond acceptors (Lipinski definition) is 7. The number of methoxy groups -OCH3 is 1. The molecule has 0 fully saturated rings. The predicted molar refractivity (Wildman–Crippen MR) is 104 cm³/mol. The van der Waals surface area contributed by atoms with Crippen molar-refractivity contribution in [1.29, 1.82) is 0 Å². The molecule has 9 heteroatoms. The number of nitrogens with one attached hydrogen (secondary N) is 2. The van der Waals surface area contributed by atoms with E-state index in [1.807, 2.05) is 18.2 Å². The number of nitrogens with zero attached hydrogens (tertiary/aromatic N) is 1. The second-order valence-corrected chi connectivity index (χ2v) is 6.82. The predicted octanol–water partition coefficient (Wildman–Crippen LogP) is 4.53. The van der Waals surface area contributed by atoms with E-state index in [4.69, 9.17) is 25.8 Å². The lowest BCUT2D eigenvalue weighted by Gasteiger charge is -2.09. The Labute approximate surface area is 163 Å². The van der Waals surface area contributed by atoms with Crippen molar-refractivity contribution in [3.63, 3.8) is 0 Å². The minimum atomic E-state index is -0.356. The number of hydrogen-bond donors (Lipinski definition) is 2. The van der Waals surface area contributed by atoms with Crippen molar-refractivity contribution in [1.82, 2.24) is 4.98 Å². The van der Waals surface area contributed by atoms with Gasteiger partial charge in [0, 0.05) is 22.2 Å². The maximum Gasteiger partial charge on any atom is 0.275 e. The third-order valence-electron chi connectivity index (χ3n) is 3.77. The topological polar surface area (TPSA) is 81.7 Å². The summed E-state index contributed by atoms with van der Waals surface area (Å²) in [6, 6.07) is 10.5. The van der Waals surface area contributed by atoms with Crippen LogP contribution in [0.4, 0.5) is 16.5 Å². The lowest BCUT2D eigenvalue weighted by atomic mass is 10.3. The number of anilines is 3. The Balaban J connectivity index is 1.47. The highest BCUT2D eigenvalue weighted by atomic mass is 35.5. The molecule has 1 aliphatic heterocycles. The van der Waals surface area contributed by atoms with Crippen molar-refractivity contribution in [3.05, 3.63) is 52.5 Å². The number of ether oxygens (including phenoxy) is 3. The molecule has 0 bridgehead atoms. The summed E-state index contributed by atoms with van der Waals surface area (Å²) in [6.45, 7) is 0.216. The quantitative estimate of drug-likeness (QED) is 0.651. The normalized spacial score (nSPS) is 11.9. The maximum absolute atomic E-state index is 12.5. The summed E-state index contributed by atoms with van der Waals surface area (Å²) in [5.41, 5.74) is 1.55. The first-order valence-corrected chi connectivity index (χ1v) is 9.15. The molecule has 27 heavy (non-hydrogen) atoms. The first kappa shape index (κ1) is 17.4. The summed E-state index contributed by atoms with van der Waals surface area (Å²) >= 11 is 7.31. The second-order valence-electron chi connectivity index (χ2n) is 5.53. The van der Waals surface area contributed by atoms with E-state index in [1.165, 1.54) is 18.4 Å². The fourth-order valence-electron chi connectivity index (χ4n) is 2.50. The fourth-order valence-corrected chi connectivity index (χ4v) is 3.38. The minimum absolute atomic E-state index is 0.216. The first-order valence-electron chi connectivity index (χ1n) is 7.89. The molecule has 7 nitrogen and oxygen atoms in total. The van der Waals surface area contributed by atoms with Gasteiger partial charge in [0.05, 0.1) is 12.8 Å². The van der Waals surface area contributed by atoms with Gasteiger partial charge in [0.25, 0.3) is 5.91 Å². The molecular formula is C18H14ClN3O4S. The standard InChI is InChI=1S/C18H14ClN3O4S/c1-24-14-4-2-10(19)6-12(14)21-17(23)13-8-27-18(22-13)20-11-3-5-15-16(7-11)26-9-25-15/h2-8H,9H2,1H3,(H,20,22)(H,21,23). The van der Waals surface area contributed by atoms with E-state index >= 15 is 0 Å². The molecule has 138 valence electrons. The van der Waals surface area contributed by atoms with Crippen LogP contribution in [0, 0.1) is 0 Å². The molecule has 0 saturated heterocycles. The van der Waals surface area contributed by atoms with Crippen LogP contribution in [-0.2, 0) is 0 Å². The number of thiazole rings is 1. The van der Waals surface area contributed by atoms with Gasteiger partial charge in [-0.3, -0.25) is 4.79 Å². The summed E-state index contributed by atoms with van der Waals surface area (Å²) in [7, 11) is 1.52. The van der Waals surface area contributed by atoms with Gasteiger partial charge in [0.15, 0.2) is 16.6 Å². The van der Waals surface area contributed by atoms with E-state index in [-0.39, 0.29) is 18.4 Å². The zero-order valence-corrected chi connectivity index (χ0v) is 15.7. The van der Waals surface area contributed by atoms with Gasteiger partial charge >= 0.3 is 0 Å². The summed E-state index contributed by atoms with van der Waals surface area (Å²) in [6.07, 6.45) is 0. The molecule has 0 unspecified atom stereocenters. The molecule has 0 aliphatic carbocycles. The van der Waals surface area contributed by atoms with E-state index in [0.717, 1.165) is 5.69 Å². The molecule has 2 N–H and O–H groups in total. The first-order chi connectivity index (χ1) is 13.1. The van der Waals surface area contributed by atoms with Crippen LogP contribution < -0.4 is 24.8 Å². The molecule has 3 aromatic rings. The highest BCUT2D eigenvalue weighted by molar-refractivity contribution is 7.14. The average Bonchev–Trinajstić information content (AvgIpc) is 3.31. The molecule has 2 heterocycles. The minimum Gasteiger partial charge on any atom is -0.495 e. The Morgan fingerprint density at radius 1 is 1.22 bits per heavy atom. The number of benzene rings is 2. The Morgan fingerprint density at radius 3 is 2.93 bits per heavy atom. The summed E-state index contributed by atoms with van der Waals surface area (Å²) < 4.78 is 15.9. The smallest absolute Gasteiger partial charge is 0.275 e. The molecule has 0 spiro atoms. The second kappa shape index (κ2) is 7.34. The van der Waals surface area contributed by atoms with Crippen molar-refractivity contribution in [2.45, 2.75) is 0 Å². The van der Waals surface area contributed by atoms with Gasteiger partial charge in [-0.2, -0.15) is 0 Å². The van der Waals surface area contributed by atoms with Crippen LogP contribution in [0.5, 0.6) is 17.2 Å². The number of aromatic nitrogens is 1. The van der Waals surface area contributed by atoms with Crippen LogP contribution in [0.3, 0.4) is 0 Å². The molecule has 0 saturated carbocycles. The summed E-state index contributed by atoms with van der Waals surface area (Å²) in [5, 5.41) is 8.66. The van der Waals surface area contributed by atoms with Crippen molar-refractivity contribution in [2.75, 3.05) is 24.5 Å². The number of carbonyl (C=O) groups excluding carboxylic acids is 1. The Bertz CT molecular complexity index is 1010. The number of amides is 1. The van der Waals surface area contributed by atoms with E-state index in [0.29, 0.717) is 33.1 Å². The van der Waals surface area contributed by atoms with Gasteiger partial charge in [-0.1, -0.05) is 11.6 Å². The fraction of sp³-hybridized carbons (Fsp3) is 0.111. The molecule has 0 atom stereocenters. The van der Waals surface area contributed by atoms with Gasteiger partial charge in [-0.25, -0.2) is 4.98 Å². The molecule has 4 rings (SSSR count). The SMILES string of the molecule is COc1ccc(Cl)cc1NC(=O)c1csc(Nc2ccc3c(c2)OCO3)n1. The van der Waals surface area contributed by atoms with Crippen molar-refractivity contribution >= 4 is 45.4 Å². The van der Waals surface area contributed by atoms with Crippen molar-refractivity contribution < 1.29 is 19.0 Å². The Morgan fingerprint density at radius 2 is 2.07 bits per heavy atom. The molecule has 1 aromatic heterocycles. The number of rotatable bonds is 5. The van der Waals surface area contributed by atoms with Gasteiger partial charge in [-0.15, -0.1) is 11.3 Å². The van der Waals surface area contributed by atoms with Crippen LogP contribution in [0.15, 0.2) is 41.8 Å². The van der Waals surface area contributed by atoms with Gasteiger partial charge < -0.3 is 24.8 Å². The monoisotopic (exact) mass is 403 g/mol. The molecule has 0 radical (unpaired) electrons. The van der Waals surface area contributed by atoms with Crippen LogP contribution in [0.25, 0.3) is 0 Å². The Hall–Kier alpha value is -2.97. The van der Waals surface area contributed by atoms with Gasteiger partial charge in [0.2, 0.25) is 6.79 Å². The van der Waals surface area contributed by atoms with Crippen LogP contribution in [0.2, 0.25) is 5.02 Å². The summed E-state index contributed by atoms with van der Waals surface area (Å²) in [5.74, 6) is 1.53. The summed E-state index contributed by atoms with van der Waals surface area (Å²) in [4.78, 5) is 16.8. The highest BCUT2D eigenvalue weighted by Crippen LogP contribution is 2.35. The van der Waals surface area contributed by atoms with E-state index in [2.05, 4.69) is 15.6 Å². The largest absolute Gasteiger partial charge is 0.495 e. The Kier molecular flexibility index (Phi) is 4.74. The lowest BCUT2D eigenvalue weighted by Crippen LogP contribution is -2.13. The number of fused-ring (bicyclic) bond motifs is 1. The van der Waals surface area contributed by atoms with E-state index in [9.17, 15) is 4.79 Å². The highest BCUT2D eigenvalue weighted by Gasteiger charge is 2.16. The van der Waals surface area contributed by atoms with Gasteiger partial charge in [-0.05, 0) is 30.3 Å². The third kappa shape index (κ3) is 3.76.